The molecule has 1 aromatic carbocycles. The molecule has 1 amide bonds. The first kappa shape index (κ1) is 14.2. The number of fused-ring (bicyclic) bond motifs is 1. The molecule has 1 aliphatic heterocycles. The second-order valence-corrected chi connectivity index (χ2v) is 5.79. The van der Waals surface area contributed by atoms with E-state index < -0.39 is 0 Å². The SMILES string of the molecule is NNC(=O)c1ccc(CN2CCn3cnnc3C2)c(Br)c1. The van der Waals surface area contributed by atoms with E-state index in [9.17, 15) is 4.79 Å². The number of benzene rings is 1. The first-order chi connectivity index (χ1) is 10.2. The van der Waals surface area contributed by atoms with E-state index >= 15 is 0 Å². The summed E-state index contributed by atoms with van der Waals surface area (Å²) < 4.78 is 2.97. The molecule has 3 N–H and O–H groups in total. The molecule has 2 heterocycles. The van der Waals surface area contributed by atoms with Crippen LogP contribution in [0.15, 0.2) is 29.0 Å². The third-order valence-corrected chi connectivity index (χ3v) is 4.30. The van der Waals surface area contributed by atoms with Crippen LogP contribution in [0.4, 0.5) is 0 Å². The molecule has 0 saturated heterocycles. The summed E-state index contributed by atoms with van der Waals surface area (Å²) >= 11 is 3.52. The lowest BCUT2D eigenvalue weighted by Crippen LogP contribution is -2.33. The summed E-state index contributed by atoms with van der Waals surface area (Å²) in [5.41, 5.74) is 3.78. The fraction of sp³-hybridized carbons (Fsp3) is 0.308. The lowest BCUT2D eigenvalue weighted by atomic mass is 10.1. The van der Waals surface area contributed by atoms with Crippen LogP contribution in [0, 0.1) is 0 Å². The summed E-state index contributed by atoms with van der Waals surface area (Å²) in [5, 5.41) is 8.04. The van der Waals surface area contributed by atoms with Crippen molar-refractivity contribution >= 4 is 21.8 Å². The van der Waals surface area contributed by atoms with Crippen molar-refractivity contribution in [2.24, 2.45) is 5.84 Å². The summed E-state index contributed by atoms with van der Waals surface area (Å²) in [7, 11) is 0. The molecule has 0 atom stereocenters. The average molecular weight is 351 g/mol. The molecule has 21 heavy (non-hydrogen) atoms. The molecule has 0 bridgehead atoms. The molecule has 0 spiro atoms. The van der Waals surface area contributed by atoms with Crippen LogP contribution in [0.2, 0.25) is 0 Å². The maximum Gasteiger partial charge on any atom is 0.265 e. The fourth-order valence-electron chi connectivity index (χ4n) is 2.39. The Morgan fingerprint density at radius 1 is 1.43 bits per heavy atom. The van der Waals surface area contributed by atoms with Gasteiger partial charge in [0.2, 0.25) is 0 Å². The third-order valence-electron chi connectivity index (χ3n) is 3.56. The van der Waals surface area contributed by atoms with Crippen molar-refractivity contribution in [2.45, 2.75) is 19.6 Å². The van der Waals surface area contributed by atoms with E-state index in [1.54, 1.807) is 18.5 Å². The number of carbonyl (C=O) groups is 1. The molecule has 0 radical (unpaired) electrons. The molecule has 2 aromatic rings. The predicted octanol–water partition coefficient (Wildman–Crippen LogP) is 0.660. The number of nitrogens with one attached hydrogen (secondary N) is 1. The molecule has 1 aliphatic rings. The zero-order valence-electron chi connectivity index (χ0n) is 11.3. The third kappa shape index (κ3) is 2.97. The van der Waals surface area contributed by atoms with E-state index in [0.29, 0.717) is 5.56 Å². The van der Waals surface area contributed by atoms with Crippen molar-refractivity contribution in [3.63, 3.8) is 0 Å². The number of halogens is 1. The van der Waals surface area contributed by atoms with Crippen LogP contribution < -0.4 is 11.3 Å². The van der Waals surface area contributed by atoms with Gasteiger partial charge >= 0.3 is 0 Å². The van der Waals surface area contributed by atoms with Gasteiger partial charge in [-0.15, -0.1) is 10.2 Å². The lowest BCUT2D eigenvalue weighted by molar-refractivity contribution is 0.0953. The van der Waals surface area contributed by atoms with Crippen LogP contribution in [0.1, 0.15) is 21.7 Å². The van der Waals surface area contributed by atoms with Gasteiger partial charge in [0.25, 0.3) is 5.91 Å². The molecule has 110 valence electrons. The van der Waals surface area contributed by atoms with Gasteiger partial charge in [0.05, 0.1) is 6.54 Å². The van der Waals surface area contributed by atoms with E-state index in [1.165, 1.54) is 0 Å². The Morgan fingerprint density at radius 2 is 2.29 bits per heavy atom. The number of hydrogen-bond donors (Lipinski definition) is 2. The smallest absolute Gasteiger partial charge is 0.265 e. The predicted molar refractivity (Wildman–Crippen MR) is 79.9 cm³/mol. The topological polar surface area (TPSA) is 89.1 Å². The highest BCUT2D eigenvalue weighted by Gasteiger charge is 2.18. The molecule has 0 unspecified atom stereocenters. The van der Waals surface area contributed by atoms with E-state index in [2.05, 4.69) is 41.0 Å². The van der Waals surface area contributed by atoms with E-state index in [1.807, 2.05) is 6.07 Å². The van der Waals surface area contributed by atoms with Gasteiger partial charge in [0, 0.05) is 29.7 Å². The summed E-state index contributed by atoms with van der Waals surface area (Å²) in [5.74, 6) is 5.82. The number of aromatic nitrogens is 3. The van der Waals surface area contributed by atoms with Crippen molar-refractivity contribution in [3.8, 4) is 0 Å². The zero-order valence-corrected chi connectivity index (χ0v) is 12.9. The Labute approximate surface area is 130 Å². The number of nitrogen functional groups attached to an aromatic ring is 1. The summed E-state index contributed by atoms with van der Waals surface area (Å²) in [6.07, 6.45) is 1.77. The molecular formula is C13H15BrN6O. The zero-order chi connectivity index (χ0) is 14.8. The monoisotopic (exact) mass is 350 g/mol. The van der Waals surface area contributed by atoms with Crippen LogP contribution >= 0.6 is 15.9 Å². The van der Waals surface area contributed by atoms with Gasteiger partial charge in [-0.3, -0.25) is 15.1 Å². The Balaban J connectivity index is 1.72. The van der Waals surface area contributed by atoms with E-state index in [4.69, 9.17) is 5.84 Å². The second-order valence-electron chi connectivity index (χ2n) is 4.93. The minimum absolute atomic E-state index is 0.298. The van der Waals surface area contributed by atoms with Crippen molar-refractivity contribution in [1.82, 2.24) is 25.1 Å². The molecule has 1 aromatic heterocycles. The summed E-state index contributed by atoms with van der Waals surface area (Å²) in [6, 6.07) is 5.49. The standard InChI is InChI=1S/C13H15BrN6O/c14-11-5-9(13(21)17-15)1-2-10(11)6-19-3-4-20-8-16-18-12(20)7-19/h1-2,5,8H,3-4,6-7,15H2,(H,17,21). The molecule has 8 heteroatoms. The quantitative estimate of drug-likeness (QED) is 0.482. The van der Waals surface area contributed by atoms with Gasteiger partial charge in [-0.1, -0.05) is 22.0 Å². The van der Waals surface area contributed by atoms with Crippen LogP contribution in [0.3, 0.4) is 0 Å². The number of hydrazine groups is 1. The van der Waals surface area contributed by atoms with Gasteiger partial charge in [-0.05, 0) is 17.7 Å². The second kappa shape index (κ2) is 5.92. The van der Waals surface area contributed by atoms with Crippen LogP contribution in [-0.2, 0) is 19.6 Å². The summed E-state index contributed by atoms with van der Waals surface area (Å²) in [4.78, 5) is 13.8. The highest BCUT2D eigenvalue weighted by Crippen LogP contribution is 2.22. The first-order valence-corrected chi connectivity index (χ1v) is 7.35. The van der Waals surface area contributed by atoms with E-state index in [-0.39, 0.29) is 5.91 Å². The minimum Gasteiger partial charge on any atom is -0.315 e. The largest absolute Gasteiger partial charge is 0.315 e. The van der Waals surface area contributed by atoms with Crippen LogP contribution in [0.5, 0.6) is 0 Å². The number of rotatable bonds is 3. The van der Waals surface area contributed by atoms with Gasteiger partial charge in [-0.25, -0.2) is 5.84 Å². The Kier molecular flexibility index (Phi) is 4.00. The maximum atomic E-state index is 11.5. The maximum absolute atomic E-state index is 11.5. The van der Waals surface area contributed by atoms with Crippen molar-refractivity contribution in [2.75, 3.05) is 6.54 Å². The fourth-order valence-corrected chi connectivity index (χ4v) is 2.90. The molecule has 0 aliphatic carbocycles. The van der Waals surface area contributed by atoms with Crippen LogP contribution in [0.25, 0.3) is 0 Å². The van der Waals surface area contributed by atoms with Crippen LogP contribution in [-0.4, -0.2) is 32.1 Å². The Morgan fingerprint density at radius 3 is 3.05 bits per heavy atom. The van der Waals surface area contributed by atoms with Crippen molar-refractivity contribution in [3.05, 3.63) is 46.0 Å². The number of hydrogen-bond acceptors (Lipinski definition) is 5. The lowest BCUT2D eigenvalue weighted by Gasteiger charge is -2.27. The molecule has 0 fully saturated rings. The Hall–Kier alpha value is -1.77. The van der Waals surface area contributed by atoms with Gasteiger partial charge < -0.3 is 4.57 Å². The first-order valence-electron chi connectivity index (χ1n) is 6.56. The number of amides is 1. The molecule has 7 nitrogen and oxygen atoms in total. The van der Waals surface area contributed by atoms with Crippen molar-refractivity contribution < 1.29 is 4.79 Å². The number of nitrogens with zero attached hydrogens (tertiary/aromatic N) is 4. The summed E-state index contributed by atoms with van der Waals surface area (Å²) in [6.45, 7) is 3.41. The molecule has 0 saturated carbocycles. The van der Waals surface area contributed by atoms with Gasteiger partial charge in [-0.2, -0.15) is 0 Å². The minimum atomic E-state index is -0.298. The average Bonchev–Trinajstić information content (AvgIpc) is 2.96. The number of nitrogens with two attached hydrogens (primary N) is 1. The highest BCUT2D eigenvalue weighted by atomic mass is 79.9. The number of carbonyl (C=O) groups excluding carboxylic acids is 1. The highest BCUT2D eigenvalue weighted by molar-refractivity contribution is 9.10. The van der Waals surface area contributed by atoms with Gasteiger partial charge in [0.15, 0.2) is 0 Å². The van der Waals surface area contributed by atoms with E-state index in [0.717, 1.165) is 42.0 Å². The Bertz CT molecular complexity index is 670. The molecular weight excluding hydrogens is 336 g/mol. The molecule has 3 rings (SSSR count). The van der Waals surface area contributed by atoms with Gasteiger partial charge in [0.1, 0.15) is 12.2 Å². The normalized spacial score (nSPS) is 14.8. The van der Waals surface area contributed by atoms with Crippen molar-refractivity contribution in [1.29, 1.82) is 0 Å².